The third-order valence-corrected chi connectivity index (χ3v) is 1.65. The SMILES string of the molecule is CC(=O)C(C)(CN)CO. The Kier molecular flexibility index (Phi) is 2.81. The summed E-state index contributed by atoms with van der Waals surface area (Å²) in [5.74, 6) is -0.0625. The van der Waals surface area contributed by atoms with Crippen LogP contribution in [-0.2, 0) is 4.79 Å². The van der Waals surface area contributed by atoms with E-state index < -0.39 is 5.41 Å². The summed E-state index contributed by atoms with van der Waals surface area (Å²) in [6.07, 6.45) is 0. The van der Waals surface area contributed by atoms with Crippen molar-refractivity contribution < 1.29 is 9.90 Å². The number of hydrogen-bond acceptors (Lipinski definition) is 3. The molecular weight excluding hydrogens is 118 g/mol. The molecule has 0 saturated heterocycles. The van der Waals surface area contributed by atoms with Crippen LogP contribution in [0, 0.1) is 5.41 Å². The van der Waals surface area contributed by atoms with Gasteiger partial charge in [0.15, 0.2) is 0 Å². The molecule has 0 heterocycles. The molecule has 0 aliphatic heterocycles. The number of carbonyl (C=O) groups excluding carboxylic acids is 1. The second-order valence-corrected chi connectivity index (χ2v) is 2.48. The summed E-state index contributed by atoms with van der Waals surface area (Å²) in [5, 5.41) is 8.65. The molecule has 1 unspecified atom stereocenters. The van der Waals surface area contributed by atoms with Crippen molar-refractivity contribution in [3.05, 3.63) is 0 Å². The molecule has 0 aliphatic rings. The summed E-state index contributed by atoms with van der Waals surface area (Å²) >= 11 is 0. The number of aliphatic hydroxyl groups is 1. The average molecular weight is 131 g/mol. The van der Waals surface area contributed by atoms with Crippen LogP contribution in [0.1, 0.15) is 13.8 Å². The highest BCUT2D eigenvalue weighted by molar-refractivity contribution is 5.82. The van der Waals surface area contributed by atoms with Crippen LogP contribution in [0.3, 0.4) is 0 Å². The van der Waals surface area contributed by atoms with Crippen LogP contribution in [0.4, 0.5) is 0 Å². The van der Waals surface area contributed by atoms with Crippen molar-refractivity contribution in [3.63, 3.8) is 0 Å². The standard InChI is InChI=1S/C6H13NO2/c1-5(9)6(2,3-7)4-8/h8H,3-4,7H2,1-2H3. The number of aliphatic hydroxyl groups excluding tert-OH is 1. The van der Waals surface area contributed by atoms with Crippen LogP contribution >= 0.6 is 0 Å². The van der Waals surface area contributed by atoms with E-state index >= 15 is 0 Å². The van der Waals surface area contributed by atoms with Gasteiger partial charge in [0.25, 0.3) is 0 Å². The molecule has 54 valence electrons. The van der Waals surface area contributed by atoms with E-state index in [1.54, 1.807) is 6.92 Å². The monoisotopic (exact) mass is 131 g/mol. The van der Waals surface area contributed by atoms with Crippen molar-refractivity contribution in [2.75, 3.05) is 13.2 Å². The third kappa shape index (κ3) is 1.77. The predicted octanol–water partition coefficient (Wildman–Crippen LogP) is -0.467. The van der Waals surface area contributed by atoms with Gasteiger partial charge in [0.05, 0.1) is 12.0 Å². The lowest BCUT2D eigenvalue weighted by atomic mass is 9.88. The van der Waals surface area contributed by atoms with Gasteiger partial charge < -0.3 is 10.8 Å². The third-order valence-electron chi connectivity index (χ3n) is 1.65. The van der Waals surface area contributed by atoms with Gasteiger partial charge in [0.2, 0.25) is 0 Å². The molecule has 0 aromatic rings. The molecule has 0 aromatic heterocycles. The Morgan fingerprint density at radius 3 is 2.22 bits per heavy atom. The van der Waals surface area contributed by atoms with Gasteiger partial charge in [-0.25, -0.2) is 0 Å². The summed E-state index contributed by atoms with van der Waals surface area (Å²) in [5.41, 5.74) is 4.52. The Morgan fingerprint density at radius 2 is 2.22 bits per heavy atom. The smallest absolute Gasteiger partial charge is 0.139 e. The van der Waals surface area contributed by atoms with E-state index in [0.29, 0.717) is 0 Å². The molecule has 0 aromatic carbocycles. The summed E-state index contributed by atoms with van der Waals surface area (Å²) in [4.78, 5) is 10.7. The van der Waals surface area contributed by atoms with Crippen LogP contribution in [0.15, 0.2) is 0 Å². The largest absolute Gasteiger partial charge is 0.395 e. The Balaban J connectivity index is 4.09. The number of carbonyl (C=O) groups is 1. The highest BCUT2D eigenvalue weighted by Gasteiger charge is 2.26. The number of nitrogens with two attached hydrogens (primary N) is 1. The lowest BCUT2D eigenvalue weighted by molar-refractivity contribution is -0.127. The molecule has 3 heteroatoms. The van der Waals surface area contributed by atoms with E-state index in [9.17, 15) is 4.79 Å². The van der Waals surface area contributed by atoms with Crippen molar-refractivity contribution in [1.29, 1.82) is 0 Å². The van der Waals surface area contributed by atoms with Crippen molar-refractivity contribution in [1.82, 2.24) is 0 Å². The maximum Gasteiger partial charge on any atom is 0.139 e. The quantitative estimate of drug-likeness (QED) is 0.544. The van der Waals surface area contributed by atoms with Crippen LogP contribution in [0.2, 0.25) is 0 Å². The van der Waals surface area contributed by atoms with Gasteiger partial charge in [-0.15, -0.1) is 0 Å². The lowest BCUT2D eigenvalue weighted by Gasteiger charge is -2.20. The lowest BCUT2D eigenvalue weighted by Crippen LogP contribution is -2.37. The molecule has 0 fully saturated rings. The van der Waals surface area contributed by atoms with Crippen LogP contribution in [0.25, 0.3) is 0 Å². The zero-order valence-corrected chi connectivity index (χ0v) is 5.85. The van der Waals surface area contributed by atoms with Crippen molar-refractivity contribution >= 4 is 5.78 Å². The maximum absolute atomic E-state index is 10.7. The van der Waals surface area contributed by atoms with E-state index in [4.69, 9.17) is 10.8 Å². The highest BCUT2D eigenvalue weighted by atomic mass is 16.3. The van der Waals surface area contributed by atoms with E-state index in [1.807, 2.05) is 0 Å². The van der Waals surface area contributed by atoms with E-state index in [2.05, 4.69) is 0 Å². The summed E-state index contributed by atoms with van der Waals surface area (Å²) in [7, 11) is 0. The minimum atomic E-state index is -0.722. The average Bonchev–Trinajstić information content (AvgIpc) is 1.86. The van der Waals surface area contributed by atoms with Crippen LogP contribution in [0.5, 0.6) is 0 Å². The number of hydrogen-bond donors (Lipinski definition) is 2. The molecule has 0 rings (SSSR count). The molecule has 0 amide bonds. The van der Waals surface area contributed by atoms with Crippen LogP contribution < -0.4 is 5.73 Å². The Hall–Kier alpha value is -0.410. The summed E-state index contributed by atoms with van der Waals surface area (Å²) in [6, 6.07) is 0. The maximum atomic E-state index is 10.7. The Labute approximate surface area is 54.9 Å². The molecule has 0 saturated carbocycles. The fourth-order valence-electron chi connectivity index (χ4n) is 0.320. The molecular formula is C6H13NO2. The first-order chi connectivity index (χ1) is 4.06. The first kappa shape index (κ1) is 8.59. The minimum Gasteiger partial charge on any atom is -0.395 e. The second kappa shape index (κ2) is 2.94. The summed E-state index contributed by atoms with van der Waals surface area (Å²) < 4.78 is 0. The molecule has 3 N–H and O–H groups in total. The molecule has 3 nitrogen and oxygen atoms in total. The fraction of sp³-hybridized carbons (Fsp3) is 0.833. The first-order valence-corrected chi connectivity index (χ1v) is 2.89. The van der Waals surface area contributed by atoms with Gasteiger partial charge >= 0.3 is 0 Å². The van der Waals surface area contributed by atoms with Gasteiger partial charge in [0.1, 0.15) is 5.78 Å². The van der Waals surface area contributed by atoms with E-state index in [1.165, 1.54) is 6.92 Å². The molecule has 0 spiro atoms. The van der Waals surface area contributed by atoms with Crippen molar-refractivity contribution in [2.45, 2.75) is 13.8 Å². The number of ketones is 1. The zero-order valence-electron chi connectivity index (χ0n) is 5.85. The molecule has 0 radical (unpaired) electrons. The van der Waals surface area contributed by atoms with E-state index in [-0.39, 0.29) is 18.9 Å². The second-order valence-electron chi connectivity index (χ2n) is 2.48. The molecule has 0 aliphatic carbocycles. The first-order valence-electron chi connectivity index (χ1n) is 2.89. The molecule has 0 bridgehead atoms. The number of rotatable bonds is 3. The Bertz CT molecular complexity index is 108. The fourth-order valence-corrected chi connectivity index (χ4v) is 0.320. The zero-order chi connectivity index (χ0) is 7.49. The topological polar surface area (TPSA) is 63.3 Å². The minimum absolute atomic E-state index is 0.0625. The summed E-state index contributed by atoms with van der Waals surface area (Å²) in [6.45, 7) is 3.12. The van der Waals surface area contributed by atoms with Crippen LogP contribution in [-0.4, -0.2) is 24.0 Å². The van der Waals surface area contributed by atoms with Crippen molar-refractivity contribution in [3.8, 4) is 0 Å². The van der Waals surface area contributed by atoms with E-state index in [0.717, 1.165) is 0 Å². The van der Waals surface area contributed by atoms with Gasteiger partial charge in [0, 0.05) is 6.54 Å². The van der Waals surface area contributed by atoms with Crippen molar-refractivity contribution in [2.24, 2.45) is 11.1 Å². The number of Topliss-reactive ketones (excluding diaryl/α,β-unsaturated/α-hetero) is 1. The van der Waals surface area contributed by atoms with Gasteiger partial charge in [-0.05, 0) is 13.8 Å². The molecule has 9 heavy (non-hydrogen) atoms. The van der Waals surface area contributed by atoms with Gasteiger partial charge in [-0.1, -0.05) is 0 Å². The Morgan fingerprint density at radius 1 is 1.78 bits per heavy atom. The van der Waals surface area contributed by atoms with Gasteiger partial charge in [-0.3, -0.25) is 4.79 Å². The van der Waals surface area contributed by atoms with Gasteiger partial charge in [-0.2, -0.15) is 0 Å². The normalized spacial score (nSPS) is 16.9. The predicted molar refractivity (Wildman–Crippen MR) is 34.9 cm³/mol. The molecule has 1 atom stereocenters. The highest BCUT2D eigenvalue weighted by Crippen LogP contribution is 2.13.